The molecule has 1 aromatic carbocycles. The maximum atomic E-state index is 11.9. The van der Waals surface area contributed by atoms with Gasteiger partial charge in [0.05, 0.1) is 16.3 Å². The topological polar surface area (TPSA) is 34.7 Å². The highest BCUT2D eigenvalue weighted by Crippen LogP contribution is 2.23. The third-order valence-corrected chi connectivity index (χ3v) is 5.35. The summed E-state index contributed by atoms with van der Waals surface area (Å²) in [5.74, 6) is 0. The number of thiophene rings is 1. The van der Waals surface area contributed by atoms with Crippen LogP contribution in [0.25, 0.3) is 11.0 Å². The number of halogens is 1. The van der Waals surface area contributed by atoms with Gasteiger partial charge >= 0.3 is 5.63 Å². The van der Waals surface area contributed by atoms with Gasteiger partial charge < -0.3 is 9.32 Å². The summed E-state index contributed by atoms with van der Waals surface area (Å²) in [6.07, 6.45) is 0. The zero-order valence-corrected chi connectivity index (χ0v) is 15.0. The second kappa shape index (κ2) is 6.48. The molecule has 0 aliphatic heterocycles. The van der Waals surface area contributed by atoms with Crippen LogP contribution in [0.4, 0.5) is 0 Å². The molecule has 3 nitrogen and oxygen atoms in total. The summed E-state index contributed by atoms with van der Waals surface area (Å²) in [6.45, 7) is 5.66. The van der Waals surface area contributed by atoms with Gasteiger partial charge in [0.2, 0.25) is 0 Å². The number of rotatable bonds is 4. The Morgan fingerprint density at radius 2 is 1.96 bits per heavy atom. The Labute approximate surface area is 144 Å². The van der Waals surface area contributed by atoms with Gasteiger partial charge in [-0.1, -0.05) is 23.7 Å². The minimum Gasteiger partial charge on any atom is -0.422 e. The van der Waals surface area contributed by atoms with Crippen molar-refractivity contribution in [3.8, 4) is 0 Å². The van der Waals surface area contributed by atoms with E-state index in [2.05, 4.69) is 19.2 Å². The molecule has 1 N–H and O–H groups in total. The number of fused-ring (bicyclic) bond motifs is 1. The van der Waals surface area contributed by atoms with E-state index in [9.17, 15) is 4.79 Å². The van der Waals surface area contributed by atoms with Crippen molar-refractivity contribution in [2.45, 2.75) is 26.9 Å². The lowest BCUT2D eigenvalue weighted by molar-refractivity contribution is -0.907. The van der Waals surface area contributed by atoms with Crippen LogP contribution in [-0.2, 0) is 13.1 Å². The molecule has 1 unspecified atom stereocenters. The van der Waals surface area contributed by atoms with Gasteiger partial charge in [0.1, 0.15) is 18.7 Å². The van der Waals surface area contributed by atoms with E-state index in [4.69, 9.17) is 16.0 Å². The second-order valence-electron chi connectivity index (χ2n) is 5.99. The third kappa shape index (κ3) is 3.50. The fraction of sp³-hybridized carbons (Fsp3) is 0.278. The first-order chi connectivity index (χ1) is 10.9. The van der Waals surface area contributed by atoms with Crippen LogP contribution in [0, 0.1) is 13.8 Å². The van der Waals surface area contributed by atoms with E-state index in [0.29, 0.717) is 5.58 Å². The van der Waals surface area contributed by atoms with E-state index in [1.54, 1.807) is 17.4 Å². The highest BCUT2D eigenvalue weighted by molar-refractivity contribution is 7.16. The van der Waals surface area contributed by atoms with Gasteiger partial charge in [-0.05, 0) is 37.1 Å². The number of quaternary nitrogens is 1. The van der Waals surface area contributed by atoms with Crippen molar-refractivity contribution in [3.63, 3.8) is 0 Å². The van der Waals surface area contributed by atoms with Crippen molar-refractivity contribution in [3.05, 3.63) is 66.7 Å². The molecule has 0 aliphatic rings. The molecule has 3 aromatic rings. The normalized spacial score (nSPS) is 12.7. The van der Waals surface area contributed by atoms with E-state index in [1.807, 2.05) is 26.0 Å². The number of nitrogens with one attached hydrogen (secondary N) is 1. The van der Waals surface area contributed by atoms with E-state index in [1.165, 1.54) is 9.78 Å². The molecule has 0 amide bonds. The van der Waals surface area contributed by atoms with Crippen LogP contribution < -0.4 is 10.5 Å². The molecular weight excluding hydrogens is 330 g/mol. The second-order valence-corrected chi connectivity index (χ2v) is 7.79. The Bertz CT molecular complexity index is 913. The van der Waals surface area contributed by atoms with Crippen LogP contribution >= 0.6 is 22.9 Å². The Kier molecular flexibility index (Phi) is 4.57. The van der Waals surface area contributed by atoms with Crippen molar-refractivity contribution in [2.75, 3.05) is 7.05 Å². The van der Waals surface area contributed by atoms with Gasteiger partial charge in [0.25, 0.3) is 0 Å². The zero-order valence-electron chi connectivity index (χ0n) is 13.4. The van der Waals surface area contributed by atoms with Gasteiger partial charge in [-0.15, -0.1) is 11.3 Å². The van der Waals surface area contributed by atoms with Gasteiger partial charge in [0, 0.05) is 17.0 Å². The van der Waals surface area contributed by atoms with Crippen LogP contribution in [0.2, 0.25) is 4.34 Å². The van der Waals surface area contributed by atoms with E-state index in [-0.39, 0.29) is 5.63 Å². The summed E-state index contributed by atoms with van der Waals surface area (Å²) >= 11 is 7.59. The average Bonchev–Trinajstić information content (AvgIpc) is 2.88. The third-order valence-electron chi connectivity index (χ3n) is 4.11. The van der Waals surface area contributed by atoms with E-state index >= 15 is 0 Å². The lowest BCUT2D eigenvalue weighted by Crippen LogP contribution is -3.06. The largest absolute Gasteiger partial charge is 0.422 e. The van der Waals surface area contributed by atoms with Gasteiger partial charge in [0.15, 0.2) is 0 Å². The first-order valence-corrected chi connectivity index (χ1v) is 8.72. The van der Waals surface area contributed by atoms with E-state index in [0.717, 1.165) is 39.5 Å². The molecule has 120 valence electrons. The molecule has 2 heterocycles. The number of aryl methyl sites for hydroxylation is 2. The quantitative estimate of drug-likeness (QED) is 0.734. The van der Waals surface area contributed by atoms with Crippen molar-refractivity contribution in [1.82, 2.24) is 0 Å². The fourth-order valence-electron chi connectivity index (χ4n) is 2.80. The molecule has 3 rings (SSSR count). The Balaban J connectivity index is 1.93. The van der Waals surface area contributed by atoms with Crippen LogP contribution in [-0.4, -0.2) is 7.05 Å². The smallest absolute Gasteiger partial charge is 0.336 e. The predicted molar refractivity (Wildman–Crippen MR) is 95.6 cm³/mol. The Morgan fingerprint density at radius 1 is 1.17 bits per heavy atom. The van der Waals surface area contributed by atoms with Crippen LogP contribution in [0.5, 0.6) is 0 Å². The van der Waals surface area contributed by atoms with Crippen LogP contribution in [0.3, 0.4) is 0 Å². The molecule has 0 bridgehead atoms. The minimum atomic E-state index is -0.284. The van der Waals surface area contributed by atoms with E-state index < -0.39 is 0 Å². The SMILES string of the molecule is Cc1ccc2c(C[NH+](C)Cc3ccc(Cl)s3)cc(=O)oc2c1C. The number of benzene rings is 1. The standard InChI is InChI=1S/C18H18ClNO2S/c1-11-4-6-15-13(8-17(21)22-18(15)12(11)2)9-20(3)10-14-5-7-16(19)23-14/h4-8H,9-10H2,1-3H3/p+1. The highest BCUT2D eigenvalue weighted by Gasteiger charge is 2.14. The first kappa shape index (κ1) is 16.2. The lowest BCUT2D eigenvalue weighted by atomic mass is 10.0. The molecule has 23 heavy (non-hydrogen) atoms. The zero-order chi connectivity index (χ0) is 16.6. The molecule has 2 aromatic heterocycles. The summed E-state index contributed by atoms with van der Waals surface area (Å²) in [5, 5.41) is 1.02. The minimum absolute atomic E-state index is 0.284. The van der Waals surface area contributed by atoms with Gasteiger partial charge in [-0.3, -0.25) is 0 Å². The van der Waals surface area contributed by atoms with Crippen molar-refractivity contribution in [1.29, 1.82) is 0 Å². The summed E-state index contributed by atoms with van der Waals surface area (Å²) in [6, 6.07) is 9.72. The molecular formula is C18H19ClNO2S+. The molecule has 0 radical (unpaired) electrons. The summed E-state index contributed by atoms with van der Waals surface area (Å²) in [4.78, 5) is 14.5. The molecule has 5 heteroatoms. The first-order valence-electron chi connectivity index (χ1n) is 7.52. The number of hydrogen-bond acceptors (Lipinski definition) is 3. The number of hydrogen-bond donors (Lipinski definition) is 1. The van der Waals surface area contributed by atoms with Crippen molar-refractivity contribution in [2.24, 2.45) is 0 Å². The molecule has 0 saturated heterocycles. The molecule has 1 atom stereocenters. The molecule has 0 saturated carbocycles. The summed E-state index contributed by atoms with van der Waals surface area (Å²) < 4.78 is 6.25. The van der Waals surface area contributed by atoms with Crippen LogP contribution in [0.1, 0.15) is 21.6 Å². The molecule has 0 aliphatic carbocycles. The lowest BCUT2D eigenvalue weighted by Gasteiger charge is -2.15. The summed E-state index contributed by atoms with van der Waals surface area (Å²) in [7, 11) is 2.12. The molecule has 0 spiro atoms. The van der Waals surface area contributed by atoms with Crippen molar-refractivity contribution >= 4 is 33.9 Å². The van der Waals surface area contributed by atoms with Crippen LogP contribution in [0.15, 0.2) is 39.5 Å². The maximum absolute atomic E-state index is 11.9. The van der Waals surface area contributed by atoms with Gasteiger partial charge in [-0.2, -0.15) is 0 Å². The van der Waals surface area contributed by atoms with Gasteiger partial charge in [-0.25, -0.2) is 4.79 Å². The monoisotopic (exact) mass is 348 g/mol. The van der Waals surface area contributed by atoms with Crippen molar-refractivity contribution < 1.29 is 9.32 Å². The Morgan fingerprint density at radius 3 is 2.65 bits per heavy atom. The Hall–Kier alpha value is -1.62. The highest BCUT2D eigenvalue weighted by atomic mass is 35.5. The maximum Gasteiger partial charge on any atom is 0.336 e. The average molecular weight is 349 g/mol. The fourth-order valence-corrected chi connectivity index (χ4v) is 4.00. The molecule has 0 fully saturated rings. The summed E-state index contributed by atoms with van der Waals surface area (Å²) in [5.41, 5.74) is 3.61. The predicted octanol–water partition coefficient (Wildman–Crippen LogP) is 3.34.